The summed E-state index contributed by atoms with van der Waals surface area (Å²) >= 11 is 0. The van der Waals surface area contributed by atoms with Gasteiger partial charge in [-0.2, -0.15) is 0 Å². The Morgan fingerprint density at radius 2 is 2.07 bits per heavy atom. The lowest BCUT2D eigenvalue weighted by Gasteiger charge is -2.12. The highest BCUT2D eigenvalue weighted by Gasteiger charge is 2.07. The molecule has 3 rings (SSSR count). The topological polar surface area (TPSA) is 64.9 Å². The van der Waals surface area contributed by atoms with Gasteiger partial charge < -0.3 is 19.2 Å². The number of methoxy groups -OCH3 is 1. The normalized spacial score (nSPS) is 11.3. The molecule has 0 radical (unpaired) electrons. The number of imidazole rings is 1. The highest BCUT2D eigenvalue weighted by atomic mass is 16.5. The summed E-state index contributed by atoms with van der Waals surface area (Å²) in [6, 6.07) is 11.5. The lowest BCUT2D eigenvalue weighted by molar-refractivity contribution is -0.116. The third-order valence-electron chi connectivity index (χ3n) is 4.38. The second kappa shape index (κ2) is 9.28. The molecule has 0 spiro atoms. The van der Waals surface area contributed by atoms with Crippen LogP contribution in [0.4, 0.5) is 0 Å². The molecule has 0 aliphatic rings. The third kappa shape index (κ3) is 5.38. The number of benzene rings is 1. The summed E-state index contributed by atoms with van der Waals surface area (Å²) in [6.07, 6.45) is 5.19. The van der Waals surface area contributed by atoms with E-state index in [1.54, 1.807) is 13.2 Å². The molecule has 3 aromatic rings. The number of aryl methyl sites for hydroxylation is 1. The molecule has 6 heteroatoms. The highest BCUT2D eigenvalue weighted by Crippen LogP contribution is 2.29. The Hall–Kier alpha value is -3.28. The summed E-state index contributed by atoms with van der Waals surface area (Å²) in [7, 11) is 1.61. The van der Waals surface area contributed by atoms with Crippen LogP contribution in [0.1, 0.15) is 30.8 Å². The summed E-state index contributed by atoms with van der Waals surface area (Å²) in [5.41, 5.74) is 3.64. The number of aromatic nitrogens is 2. The molecular formula is C23H27N3O3. The van der Waals surface area contributed by atoms with Gasteiger partial charge in [0, 0.05) is 18.0 Å². The summed E-state index contributed by atoms with van der Waals surface area (Å²) < 4.78 is 13.2. The van der Waals surface area contributed by atoms with Crippen LogP contribution in [-0.4, -0.2) is 29.0 Å². The van der Waals surface area contributed by atoms with Gasteiger partial charge >= 0.3 is 0 Å². The molecule has 6 nitrogen and oxygen atoms in total. The summed E-state index contributed by atoms with van der Waals surface area (Å²) in [5.74, 6) is 1.59. The molecule has 1 N–H and O–H groups in total. The molecular weight excluding hydrogens is 366 g/mol. The van der Waals surface area contributed by atoms with Gasteiger partial charge in [-0.3, -0.25) is 4.79 Å². The van der Waals surface area contributed by atoms with Crippen molar-refractivity contribution in [2.45, 2.75) is 27.3 Å². The average Bonchev–Trinajstić information content (AvgIpc) is 3.14. The lowest BCUT2D eigenvalue weighted by Crippen LogP contribution is -2.20. The quantitative estimate of drug-likeness (QED) is 0.587. The van der Waals surface area contributed by atoms with Gasteiger partial charge in [0.2, 0.25) is 5.91 Å². The molecule has 0 saturated heterocycles. The van der Waals surface area contributed by atoms with Crippen molar-refractivity contribution in [3.8, 4) is 11.5 Å². The number of rotatable bonds is 8. The van der Waals surface area contributed by atoms with Gasteiger partial charge in [-0.05, 0) is 48.7 Å². The molecule has 2 aromatic heterocycles. The first-order valence-electron chi connectivity index (χ1n) is 9.66. The number of hydrogen-bond acceptors (Lipinski definition) is 4. The second-order valence-electron chi connectivity index (χ2n) is 7.29. The fourth-order valence-electron chi connectivity index (χ4n) is 2.86. The molecule has 0 atom stereocenters. The van der Waals surface area contributed by atoms with Crippen LogP contribution in [0.15, 0.2) is 48.7 Å². The zero-order valence-electron chi connectivity index (χ0n) is 17.3. The molecule has 0 aliphatic heterocycles. The van der Waals surface area contributed by atoms with Crippen LogP contribution in [-0.2, 0) is 11.3 Å². The molecule has 0 aliphatic carbocycles. The van der Waals surface area contributed by atoms with E-state index < -0.39 is 0 Å². The maximum atomic E-state index is 12.2. The van der Waals surface area contributed by atoms with E-state index in [4.69, 9.17) is 9.47 Å². The van der Waals surface area contributed by atoms with Crippen molar-refractivity contribution < 1.29 is 14.3 Å². The number of nitrogens with one attached hydrogen (secondary N) is 1. The molecule has 2 heterocycles. The Morgan fingerprint density at radius 1 is 1.24 bits per heavy atom. The van der Waals surface area contributed by atoms with Gasteiger partial charge in [0.25, 0.3) is 0 Å². The Labute approximate surface area is 171 Å². The van der Waals surface area contributed by atoms with E-state index in [9.17, 15) is 4.79 Å². The Morgan fingerprint density at radius 3 is 2.79 bits per heavy atom. The number of hydrogen-bond donors (Lipinski definition) is 1. The van der Waals surface area contributed by atoms with Crippen LogP contribution in [0.5, 0.6) is 11.5 Å². The number of ether oxygens (including phenoxy) is 2. The van der Waals surface area contributed by atoms with Gasteiger partial charge in [-0.1, -0.05) is 26.0 Å². The Balaban J connectivity index is 1.60. The third-order valence-corrected chi connectivity index (χ3v) is 4.38. The number of nitrogens with zero attached hydrogens (tertiary/aromatic N) is 2. The fraction of sp³-hybridized carbons (Fsp3) is 0.304. The maximum Gasteiger partial charge on any atom is 0.244 e. The van der Waals surface area contributed by atoms with Crippen molar-refractivity contribution in [2.75, 3.05) is 13.7 Å². The minimum Gasteiger partial charge on any atom is -0.493 e. The average molecular weight is 393 g/mol. The zero-order chi connectivity index (χ0) is 20.8. The molecule has 0 saturated carbocycles. The van der Waals surface area contributed by atoms with E-state index in [0.29, 0.717) is 30.6 Å². The van der Waals surface area contributed by atoms with Crippen molar-refractivity contribution in [3.63, 3.8) is 0 Å². The minimum absolute atomic E-state index is 0.183. The van der Waals surface area contributed by atoms with Gasteiger partial charge in [0.05, 0.1) is 26.0 Å². The largest absolute Gasteiger partial charge is 0.493 e. The molecule has 29 heavy (non-hydrogen) atoms. The molecule has 1 aromatic carbocycles. The predicted molar refractivity (Wildman–Crippen MR) is 114 cm³/mol. The van der Waals surface area contributed by atoms with Gasteiger partial charge in [0.15, 0.2) is 11.5 Å². The van der Waals surface area contributed by atoms with Crippen molar-refractivity contribution >= 4 is 17.6 Å². The highest BCUT2D eigenvalue weighted by molar-refractivity contribution is 5.91. The lowest BCUT2D eigenvalue weighted by atomic mass is 10.2. The number of carbonyl (C=O) groups is 1. The van der Waals surface area contributed by atoms with E-state index in [1.165, 1.54) is 6.08 Å². The number of carbonyl (C=O) groups excluding carboxylic acids is 1. The van der Waals surface area contributed by atoms with E-state index in [1.807, 2.05) is 53.9 Å². The molecule has 0 unspecified atom stereocenters. The summed E-state index contributed by atoms with van der Waals surface area (Å²) in [5, 5.41) is 2.86. The van der Waals surface area contributed by atoms with Crippen molar-refractivity contribution in [1.82, 2.24) is 14.7 Å². The van der Waals surface area contributed by atoms with Crippen LogP contribution in [0, 0.1) is 12.8 Å². The summed E-state index contributed by atoms with van der Waals surface area (Å²) in [6.45, 7) is 7.20. The second-order valence-corrected chi connectivity index (χ2v) is 7.29. The zero-order valence-corrected chi connectivity index (χ0v) is 17.3. The SMILES string of the molecule is COc1cc(/C=C/C(=O)NCc2cn3c(C)cccc3n2)ccc1OCC(C)C. The smallest absolute Gasteiger partial charge is 0.244 e. The van der Waals surface area contributed by atoms with Gasteiger partial charge in [-0.15, -0.1) is 0 Å². The number of fused-ring (bicyclic) bond motifs is 1. The Kier molecular flexibility index (Phi) is 6.54. The fourth-order valence-corrected chi connectivity index (χ4v) is 2.86. The van der Waals surface area contributed by atoms with Crippen molar-refractivity contribution in [1.29, 1.82) is 0 Å². The molecule has 1 amide bonds. The minimum atomic E-state index is -0.183. The first kappa shape index (κ1) is 20.5. The molecule has 0 fully saturated rings. The number of pyridine rings is 1. The monoisotopic (exact) mass is 393 g/mol. The van der Waals surface area contributed by atoms with Crippen LogP contribution in [0.25, 0.3) is 11.7 Å². The predicted octanol–water partition coefficient (Wildman–Crippen LogP) is 4.02. The maximum absolute atomic E-state index is 12.2. The summed E-state index contributed by atoms with van der Waals surface area (Å²) in [4.78, 5) is 16.7. The van der Waals surface area contributed by atoms with Gasteiger partial charge in [0.1, 0.15) is 5.65 Å². The van der Waals surface area contributed by atoms with Crippen molar-refractivity contribution in [3.05, 3.63) is 65.6 Å². The van der Waals surface area contributed by atoms with Crippen LogP contribution >= 0.6 is 0 Å². The first-order chi connectivity index (χ1) is 14.0. The van der Waals surface area contributed by atoms with Crippen LogP contribution < -0.4 is 14.8 Å². The standard InChI is InChI=1S/C23H27N3O3/c1-16(2)15-29-20-10-8-18(12-21(20)28-4)9-11-23(27)24-13-19-14-26-17(3)6-5-7-22(26)25-19/h5-12,14,16H,13,15H2,1-4H3,(H,24,27)/b11-9+. The van der Waals surface area contributed by atoms with E-state index >= 15 is 0 Å². The van der Waals surface area contributed by atoms with E-state index in [2.05, 4.69) is 24.1 Å². The molecule has 0 bridgehead atoms. The van der Waals surface area contributed by atoms with Crippen LogP contribution in [0.2, 0.25) is 0 Å². The Bertz CT molecular complexity index is 1020. The number of amides is 1. The molecule has 152 valence electrons. The van der Waals surface area contributed by atoms with E-state index in [-0.39, 0.29) is 5.91 Å². The van der Waals surface area contributed by atoms with Gasteiger partial charge in [-0.25, -0.2) is 4.98 Å². The van der Waals surface area contributed by atoms with E-state index in [0.717, 1.165) is 22.6 Å². The van der Waals surface area contributed by atoms with Crippen LogP contribution in [0.3, 0.4) is 0 Å². The first-order valence-corrected chi connectivity index (χ1v) is 9.66. The van der Waals surface area contributed by atoms with Crippen molar-refractivity contribution in [2.24, 2.45) is 5.92 Å².